The molecule has 2 aromatic rings. The molecule has 0 radical (unpaired) electrons. The smallest absolute Gasteiger partial charge is 0.339 e. The Morgan fingerprint density at radius 3 is 2.44 bits per heavy atom. The predicted molar refractivity (Wildman–Crippen MR) is 95.9 cm³/mol. The van der Waals surface area contributed by atoms with Gasteiger partial charge in [-0.25, -0.2) is 4.79 Å². The van der Waals surface area contributed by atoms with E-state index in [4.69, 9.17) is 4.74 Å². The fourth-order valence-electron chi connectivity index (χ4n) is 2.29. The van der Waals surface area contributed by atoms with Gasteiger partial charge in [0, 0.05) is 11.3 Å². The minimum absolute atomic E-state index is 0.0921. The summed E-state index contributed by atoms with van der Waals surface area (Å²) in [5.74, 6) is -1.09. The van der Waals surface area contributed by atoms with Gasteiger partial charge in [-0.2, -0.15) is 0 Å². The number of carbonyl (C=O) groups is 3. The number of anilines is 1. The van der Waals surface area contributed by atoms with Gasteiger partial charge < -0.3 is 10.1 Å². The van der Waals surface area contributed by atoms with Gasteiger partial charge >= 0.3 is 5.97 Å². The molecule has 25 heavy (non-hydrogen) atoms. The van der Waals surface area contributed by atoms with Crippen molar-refractivity contribution in [3.05, 3.63) is 64.7 Å². The van der Waals surface area contributed by atoms with Crippen LogP contribution in [0.25, 0.3) is 0 Å². The normalized spacial score (nSPS) is 11.5. The number of ketones is 1. The van der Waals surface area contributed by atoms with Gasteiger partial charge in [0.25, 0.3) is 5.91 Å². The third-order valence-electron chi connectivity index (χ3n) is 3.80. The highest BCUT2D eigenvalue weighted by Crippen LogP contribution is 2.15. The molecule has 130 valence electrons. The van der Waals surface area contributed by atoms with Gasteiger partial charge in [0.1, 0.15) is 0 Å². The molecule has 1 amide bonds. The molecule has 0 saturated carbocycles. The van der Waals surface area contributed by atoms with Crippen molar-refractivity contribution >= 4 is 23.3 Å². The number of benzene rings is 2. The molecule has 2 rings (SSSR count). The Labute approximate surface area is 147 Å². The van der Waals surface area contributed by atoms with Crippen LogP contribution in [0.1, 0.15) is 45.7 Å². The van der Waals surface area contributed by atoms with E-state index in [1.54, 1.807) is 30.3 Å². The first-order valence-electron chi connectivity index (χ1n) is 7.98. The number of ether oxygens (including phenoxy) is 1. The number of amides is 1. The van der Waals surface area contributed by atoms with E-state index in [2.05, 4.69) is 5.32 Å². The zero-order chi connectivity index (χ0) is 18.6. The Bertz CT molecular complexity index is 826. The summed E-state index contributed by atoms with van der Waals surface area (Å²) in [5, 5.41) is 2.65. The zero-order valence-electron chi connectivity index (χ0n) is 14.8. The lowest BCUT2D eigenvalue weighted by atomic mass is 10.1. The number of hydrogen-bond acceptors (Lipinski definition) is 4. The molecule has 2 aromatic carbocycles. The average Bonchev–Trinajstić information content (AvgIpc) is 2.57. The summed E-state index contributed by atoms with van der Waals surface area (Å²) in [6.45, 7) is 6.66. The van der Waals surface area contributed by atoms with Gasteiger partial charge in [-0.15, -0.1) is 0 Å². The average molecular weight is 339 g/mol. The zero-order valence-corrected chi connectivity index (χ0v) is 14.8. The summed E-state index contributed by atoms with van der Waals surface area (Å²) in [6.07, 6.45) is -0.964. The van der Waals surface area contributed by atoms with Crippen LogP contribution in [0.15, 0.2) is 42.5 Å². The lowest BCUT2D eigenvalue weighted by Gasteiger charge is -2.15. The van der Waals surface area contributed by atoms with Crippen LogP contribution in [0.5, 0.6) is 0 Å². The Morgan fingerprint density at radius 1 is 1.04 bits per heavy atom. The Kier molecular flexibility index (Phi) is 5.70. The molecule has 0 spiro atoms. The second-order valence-electron chi connectivity index (χ2n) is 5.99. The fraction of sp³-hybridized carbons (Fsp3) is 0.250. The minimum Gasteiger partial charge on any atom is -0.449 e. The summed E-state index contributed by atoms with van der Waals surface area (Å²) in [7, 11) is 0. The lowest BCUT2D eigenvalue weighted by molar-refractivity contribution is -0.123. The molecule has 0 saturated heterocycles. The number of rotatable bonds is 5. The first-order chi connectivity index (χ1) is 11.8. The van der Waals surface area contributed by atoms with Gasteiger partial charge in [-0.1, -0.05) is 29.8 Å². The van der Waals surface area contributed by atoms with Crippen LogP contribution in [-0.4, -0.2) is 23.8 Å². The summed E-state index contributed by atoms with van der Waals surface area (Å²) >= 11 is 0. The van der Waals surface area contributed by atoms with Crippen molar-refractivity contribution in [1.82, 2.24) is 0 Å². The molecule has 0 fully saturated rings. The van der Waals surface area contributed by atoms with Crippen LogP contribution in [0.3, 0.4) is 0 Å². The van der Waals surface area contributed by atoms with Crippen LogP contribution >= 0.6 is 0 Å². The molecule has 1 N–H and O–H groups in total. The predicted octanol–water partition coefficient (Wildman–Crippen LogP) is 3.69. The number of aryl methyl sites for hydroxylation is 2. The van der Waals surface area contributed by atoms with Crippen molar-refractivity contribution in [2.75, 3.05) is 5.32 Å². The SMILES string of the molecule is CC(=O)c1cccc(NC(=O)C(C)OC(=O)c2cc(C)ccc2C)c1. The number of Topliss-reactive ketones (excluding diaryl/α,β-unsaturated/α-hetero) is 1. The standard InChI is InChI=1S/C20H21NO4/c1-12-8-9-13(2)18(10-12)20(24)25-15(4)19(23)21-17-7-5-6-16(11-17)14(3)22/h5-11,15H,1-4H3,(H,21,23). The topological polar surface area (TPSA) is 72.5 Å². The van der Waals surface area contributed by atoms with E-state index in [0.29, 0.717) is 16.8 Å². The van der Waals surface area contributed by atoms with Crippen molar-refractivity contribution in [2.24, 2.45) is 0 Å². The summed E-state index contributed by atoms with van der Waals surface area (Å²) < 4.78 is 5.27. The number of esters is 1. The van der Waals surface area contributed by atoms with Crippen molar-refractivity contribution < 1.29 is 19.1 Å². The second-order valence-corrected chi connectivity index (χ2v) is 5.99. The van der Waals surface area contributed by atoms with Gasteiger partial charge in [-0.3, -0.25) is 9.59 Å². The lowest BCUT2D eigenvalue weighted by Crippen LogP contribution is -2.30. The van der Waals surface area contributed by atoms with E-state index >= 15 is 0 Å². The Hall–Kier alpha value is -2.95. The first-order valence-corrected chi connectivity index (χ1v) is 7.98. The third-order valence-corrected chi connectivity index (χ3v) is 3.80. The molecular formula is C20H21NO4. The first kappa shape index (κ1) is 18.4. The largest absolute Gasteiger partial charge is 0.449 e. The van der Waals surface area contributed by atoms with E-state index in [0.717, 1.165) is 11.1 Å². The second kappa shape index (κ2) is 7.75. The maximum Gasteiger partial charge on any atom is 0.339 e. The molecule has 5 nitrogen and oxygen atoms in total. The van der Waals surface area contributed by atoms with Gasteiger partial charge in [0.15, 0.2) is 11.9 Å². The van der Waals surface area contributed by atoms with Crippen LogP contribution in [0.2, 0.25) is 0 Å². The van der Waals surface area contributed by atoms with Gasteiger partial charge in [0.05, 0.1) is 5.56 Å². The molecule has 0 heterocycles. The van der Waals surface area contributed by atoms with E-state index in [-0.39, 0.29) is 5.78 Å². The van der Waals surface area contributed by atoms with Crippen molar-refractivity contribution in [1.29, 1.82) is 0 Å². The summed E-state index contributed by atoms with van der Waals surface area (Å²) in [6, 6.07) is 12.1. The highest BCUT2D eigenvalue weighted by molar-refractivity contribution is 5.99. The third kappa shape index (κ3) is 4.76. The van der Waals surface area contributed by atoms with E-state index in [1.807, 2.05) is 26.0 Å². The number of nitrogens with one attached hydrogen (secondary N) is 1. The van der Waals surface area contributed by atoms with Crippen molar-refractivity contribution in [3.8, 4) is 0 Å². The molecule has 0 aliphatic carbocycles. The molecule has 5 heteroatoms. The highest BCUT2D eigenvalue weighted by atomic mass is 16.5. The van der Waals surface area contributed by atoms with Gasteiger partial charge in [0.2, 0.25) is 0 Å². The Morgan fingerprint density at radius 2 is 1.76 bits per heavy atom. The number of hydrogen-bond donors (Lipinski definition) is 1. The highest BCUT2D eigenvalue weighted by Gasteiger charge is 2.20. The monoisotopic (exact) mass is 339 g/mol. The molecule has 0 aromatic heterocycles. The molecule has 1 atom stereocenters. The summed E-state index contributed by atoms with van der Waals surface area (Å²) in [5.41, 5.74) is 3.15. The van der Waals surface area contributed by atoms with E-state index in [9.17, 15) is 14.4 Å². The van der Waals surface area contributed by atoms with Crippen molar-refractivity contribution in [2.45, 2.75) is 33.8 Å². The quantitative estimate of drug-likeness (QED) is 0.666. The maximum absolute atomic E-state index is 12.3. The van der Waals surface area contributed by atoms with Crippen LogP contribution in [-0.2, 0) is 9.53 Å². The molecule has 0 aliphatic rings. The minimum atomic E-state index is -0.964. The number of carbonyl (C=O) groups excluding carboxylic acids is 3. The fourth-order valence-corrected chi connectivity index (χ4v) is 2.29. The molecular weight excluding hydrogens is 318 g/mol. The summed E-state index contributed by atoms with van der Waals surface area (Å²) in [4.78, 5) is 35.9. The Balaban J connectivity index is 2.05. The van der Waals surface area contributed by atoms with E-state index < -0.39 is 18.0 Å². The van der Waals surface area contributed by atoms with Crippen molar-refractivity contribution in [3.63, 3.8) is 0 Å². The van der Waals surface area contributed by atoms with Crippen LogP contribution < -0.4 is 5.32 Å². The molecule has 0 aliphatic heterocycles. The van der Waals surface area contributed by atoms with E-state index in [1.165, 1.54) is 13.8 Å². The van der Waals surface area contributed by atoms with Gasteiger partial charge in [-0.05, 0) is 51.5 Å². The maximum atomic E-state index is 12.3. The molecule has 1 unspecified atom stereocenters. The van der Waals surface area contributed by atoms with Crippen LogP contribution in [0.4, 0.5) is 5.69 Å². The van der Waals surface area contributed by atoms with Crippen LogP contribution in [0, 0.1) is 13.8 Å². The molecule has 0 bridgehead atoms.